The predicted molar refractivity (Wildman–Crippen MR) is 71.6 cm³/mol. The number of aliphatic carboxylic acids is 2. The molecule has 0 unspecified atom stereocenters. The molecule has 1 rings (SSSR count). The van der Waals surface area contributed by atoms with Crippen LogP contribution in [0.5, 0.6) is 0 Å². The molecule has 0 saturated heterocycles. The van der Waals surface area contributed by atoms with E-state index in [1.54, 1.807) is 6.92 Å². The third-order valence-corrected chi connectivity index (χ3v) is 2.55. The molecule has 0 spiro atoms. The van der Waals surface area contributed by atoms with E-state index in [0.717, 1.165) is 6.07 Å². The molecule has 0 aliphatic carbocycles. The van der Waals surface area contributed by atoms with Crippen molar-refractivity contribution in [3.8, 4) is 0 Å². The number of benzene rings is 1. The van der Waals surface area contributed by atoms with Gasteiger partial charge in [-0.15, -0.1) is 0 Å². The fourth-order valence-corrected chi connectivity index (χ4v) is 1.66. The van der Waals surface area contributed by atoms with Gasteiger partial charge in [0.05, 0.1) is 0 Å². The molecule has 7 nitrogen and oxygen atoms in total. The van der Waals surface area contributed by atoms with Gasteiger partial charge in [0.2, 0.25) is 0 Å². The van der Waals surface area contributed by atoms with Crippen LogP contribution in [0.15, 0.2) is 18.2 Å². The van der Waals surface area contributed by atoms with Gasteiger partial charge < -0.3 is 20.8 Å². The van der Waals surface area contributed by atoms with Gasteiger partial charge in [-0.05, 0) is 37.1 Å². The molecule has 0 aromatic heterocycles. The standard InChI is InChI=1S/C13H15FN2O5/c1-7-4-8(14)6-9(5-7)15-13(21)16-10(12(19)20)2-3-11(17)18/h4-6,10H,2-3H2,1H3,(H,17,18)(H,19,20)(H2,15,16,21)/t10-/m0/s1. The number of nitrogens with one attached hydrogen (secondary N) is 2. The van der Waals surface area contributed by atoms with Crippen LogP contribution in [0.4, 0.5) is 14.9 Å². The zero-order valence-electron chi connectivity index (χ0n) is 11.2. The third kappa shape index (κ3) is 5.89. The van der Waals surface area contributed by atoms with Crippen molar-refractivity contribution in [1.29, 1.82) is 0 Å². The van der Waals surface area contributed by atoms with Crippen LogP contribution in [0.1, 0.15) is 18.4 Å². The van der Waals surface area contributed by atoms with Crippen molar-refractivity contribution in [2.24, 2.45) is 0 Å². The Labute approximate surface area is 119 Å². The van der Waals surface area contributed by atoms with Crippen LogP contribution >= 0.6 is 0 Å². The maximum absolute atomic E-state index is 13.1. The maximum Gasteiger partial charge on any atom is 0.326 e. The first-order valence-corrected chi connectivity index (χ1v) is 6.07. The summed E-state index contributed by atoms with van der Waals surface area (Å²) in [7, 11) is 0. The van der Waals surface area contributed by atoms with Gasteiger partial charge in [-0.3, -0.25) is 4.79 Å². The lowest BCUT2D eigenvalue weighted by atomic mass is 10.1. The SMILES string of the molecule is Cc1cc(F)cc(NC(=O)N[C@@H](CCC(=O)O)C(=O)O)c1. The molecule has 0 aliphatic heterocycles. The van der Waals surface area contributed by atoms with Crippen molar-refractivity contribution < 1.29 is 29.0 Å². The second-order valence-electron chi connectivity index (χ2n) is 4.44. The largest absolute Gasteiger partial charge is 0.481 e. The van der Waals surface area contributed by atoms with E-state index < -0.39 is 36.2 Å². The molecule has 114 valence electrons. The molecule has 0 fully saturated rings. The Bertz CT molecular complexity index is 541. The molecule has 8 heteroatoms. The number of rotatable bonds is 6. The lowest BCUT2D eigenvalue weighted by Gasteiger charge is -2.14. The second kappa shape index (κ2) is 7.22. The Morgan fingerprint density at radius 2 is 1.90 bits per heavy atom. The number of carboxylic acid groups (broad SMARTS) is 2. The fourth-order valence-electron chi connectivity index (χ4n) is 1.66. The molecular formula is C13H15FN2O5. The van der Waals surface area contributed by atoms with Gasteiger partial charge in [0.1, 0.15) is 11.9 Å². The minimum absolute atomic E-state index is 0.173. The van der Waals surface area contributed by atoms with E-state index in [-0.39, 0.29) is 12.1 Å². The first kappa shape index (κ1) is 16.4. The summed E-state index contributed by atoms with van der Waals surface area (Å²) in [5, 5.41) is 21.8. The van der Waals surface area contributed by atoms with E-state index in [2.05, 4.69) is 10.6 Å². The molecule has 0 radical (unpaired) electrons. The molecule has 21 heavy (non-hydrogen) atoms. The monoisotopic (exact) mass is 298 g/mol. The Morgan fingerprint density at radius 3 is 2.43 bits per heavy atom. The zero-order valence-corrected chi connectivity index (χ0v) is 11.2. The summed E-state index contributed by atoms with van der Waals surface area (Å²) < 4.78 is 13.1. The van der Waals surface area contributed by atoms with Gasteiger partial charge in [-0.25, -0.2) is 14.0 Å². The first-order valence-electron chi connectivity index (χ1n) is 6.07. The van der Waals surface area contributed by atoms with Gasteiger partial charge in [0, 0.05) is 12.1 Å². The Kier molecular flexibility index (Phi) is 5.65. The van der Waals surface area contributed by atoms with Crippen molar-refractivity contribution in [3.05, 3.63) is 29.6 Å². The van der Waals surface area contributed by atoms with Crippen molar-refractivity contribution in [1.82, 2.24) is 5.32 Å². The lowest BCUT2D eigenvalue weighted by molar-refractivity contribution is -0.140. The van der Waals surface area contributed by atoms with Crippen molar-refractivity contribution in [3.63, 3.8) is 0 Å². The topological polar surface area (TPSA) is 116 Å². The highest BCUT2D eigenvalue weighted by Crippen LogP contribution is 2.13. The summed E-state index contributed by atoms with van der Waals surface area (Å²) in [6.07, 6.45) is -0.642. The lowest BCUT2D eigenvalue weighted by Crippen LogP contribution is -2.43. The van der Waals surface area contributed by atoms with Crippen LogP contribution in [0, 0.1) is 12.7 Å². The number of carbonyl (C=O) groups is 3. The van der Waals surface area contributed by atoms with Crippen molar-refractivity contribution >= 4 is 23.7 Å². The summed E-state index contributed by atoms with van der Waals surface area (Å²) in [5.74, 6) is -3.04. The molecule has 1 aromatic rings. The van der Waals surface area contributed by atoms with Crippen molar-refractivity contribution in [2.75, 3.05) is 5.32 Å². The van der Waals surface area contributed by atoms with Gasteiger partial charge in [-0.2, -0.15) is 0 Å². The number of amides is 2. The number of urea groups is 1. The molecule has 1 aromatic carbocycles. The average molecular weight is 298 g/mol. The van der Waals surface area contributed by atoms with E-state index in [1.165, 1.54) is 12.1 Å². The highest BCUT2D eigenvalue weighted by Gasteiger charge is 2.21. The summed E-state index contributed by atoms with van der Waals surface area (Å²) in [5.41, 5.74) is 0.762. The molecular weight excluding hydrogens is 283 g/mol. The van der Waals surface area contributed by atoms with E-state index >= 15 is 0 Å². The summed E-state index contributed by atoms with van der Waals surface area (Å²) >= 11 is 0. The van der Waals surface area contributed by atoms with Gasteiger partial charge in [-0.1, -0.05) is 0 Å². The van der Waals surface area contributed by atoms with Crippen LogP contribution in [0.25, 0.3) is 0 Å². The first-order chi connectivity index (χ1) is 9.77. The minimum atomic E-state index is -1.35. The quantitative estimate of drug-likeness (QED) is 0.636. The highest BCUT2D eigenvalue weighted by molar-refractivity contribution is 5.92. The normalized spacial score (nSPS) is 11.5. The number of aryl methyl sites for hydroxylation is 1. The molecule has 0 saturated carbocycles. The Morgan fingerprint density at radius 1 is 1.24 bits per heavy atom. The van der Waals surface area contributed by atoms with E-state index in [0.29, 0.717) is 5.56 Å². The van der Waals surface area contributed by atoms with Gasteiger partial charge >= 0.3 is 18.0 Å². The number of hydrogen-bond donors (Lipinski definition) is 4. The van der Waals surface area contributed by atoms with E-state index in [9.17, 15) is 18.8 Å². The Hall–Kier alpha value is -2.64. The third-order valence-electron chi connectivity index (χ3n) is 2.55. The molecule has 1 atom stereocenters. The molecule has 2 amide bonds. The van der Waals surface area contributed by atoms with Crippen LogP contribution in [-0.2, 0) is 9.59 Å². The zero-order chi connectivity index (χ0) is 16.0. The smallest absolute Gasteiger partial charge is 0.326 e. The number of halogens is 1. The fraction of sp³-hybridized carbons (Fsp3) is 0.308. The van der Waals surface area contributed by atoms with E-state index in [4.69, 9.17) is 10.2 Å². The van der Waals surface area contributed by atoms with Crippen LogP contribution in [0.3, 0.4) is 0 Å². The number of carboxylic acids is 2. The number of carbonyl (C=O) groups excluding carboxylic acids is 1. The number of hydrogen-bond acceptors (Lipinski definition) is 3. The molecule has 0 aliphatic rings. The average Bonchev–Trinajstić information content (AvgIpc) is 2.32. The van der Waals surface area contributed by atoms with E-state index in [1.807, 2.05) is 0 Å². The summed E-state index contributed by atoms with van der Waals surface area (Å²) in [6.45, 7) is 1.64. The molecule has 0 bridgehead atoms. The van der Waals surface area contributed by atoms with Gasteiger partial charge in [0.15, 0.2) is 0 Å². The minimum Gasteiger partial charge on any atom is -0.481 e. The van der Waals surface area contributed by atoms with Crippen LogP contribution < -0.4 is 10.6 Å². The summed E-state index contributed by atoms with van der Waals surface area (Å²) in [6, 6.07) is 1.68. The van der Waals surface area contributed by atoms with Crippen LogP contribution in [0.2, 0.25) is 0 Å². The molecule has 4 N–H and O–H groups in total. The highest BCUT2D eigenvalue weighted by atomic mass is 19.1. The van der Waals surface area contributed by atoms with Gasteiger partial charge in [0.25, 0.3) is 0 Å². The summed E-state index contributed by atoms with van der Waals surface area (Å²) in [4.78, 5) is 33.0. The molecule has 0 heterocycles. The maximum atomic E-state index is 13.1. The van der Waals surface area contributed by atoms with Crippen LogP contribution in [-0.4, -0.2) is 34.2 Å². The number of anilines is 1. The second-order valence-corrected chi connectivity index (χ2v) is 4.44. The Balaban J connectivity index is 2.65. The predicted octanol–water partition coefficient (Wildman–Crippen LogP) is 1.57. The van der Waals surface area contributed by atoms with Crippen molar-refractivity contribution in [2.45, 2.75) is 25.8 Å².